The number of amides is 1. The second kappa shape index (κ2) is 6.12. The maximum atomic E-state index is 12.2. The van der Waals surface area contributed by atoms with Crippen LogP contribution in [0, 0.1) is 5.41 Å². The zero-order chi connectivity index (χ0) is 12.9. The fraction of sp³-hybridized carbons (Fsp3) is 0.667. The van der Waals surface area contributed by atoms with E-state index in [2.05, 4.69) is 10.3 Å². The molecule has 17 heavy (non-hydrogen) atoms. The Kier molecular flexibility index (Phi) is 5.08. The molecule has 5 heteroatoms. The van der Waals surface area contributed by atoms with Crippen molar-refractivity contribution in [2.24, 2.45) is 11.1 Å². The number of aromatic nitrogens is 1. The van der Waals surface area contributed by atoms with Gasteiger partial charge in [-0.15, -0.1) is 11.3 Å². The maximum Gasteiger partial charge on any atom is 0.228 e. The Morgan fingerprint density at radius 3 is 2.65 bits per heavy atom. The third-order valence-electron chi connectivity index (χ3n) is 3.40. The zero-order valence-corrected chi connectivity index (χ0v) is 11.5. The molecule has 1 amide bonds. The van der Waals surface area contributed by atoms with E-state index in [1.54, 1.807) is 17.5 Å². The maximum absolute atomic E-state index is 12.2. The van der Waals surface area contributed by atoms with Crippen LogP contribution in [0.1, 0.15) is 44.7 Å². The van der Waals surface area contributed by atoms with Gasteiger partial charge < -0.3 is 11.1 Å². The van der Waals surface area contributed by atoms with Gasteiger partial charge in [-0.1, -0.05) is 13.8 Å². The lowest BCUT2D eigenvalue weighted by atomic mass is 9.81. The molecule has 3 N–H and O–H groups in total. The van der Waals surface area contributed by atoms with Gasteiger partial charge in [0.25, 0.3) is 0 Å². The topological polar surface area (TPSA) is 68.0 Å². The molecule has 0 radical (unpaired) electrons. The van der Waals surface area contributed by atoms with Gasteiger partial charge in [-0.2, -0.15) is 0 Å². The summed E-state index contributed by atoms with van der Waals surface area (Å²) in [6.07, 6.45) is 3.27. The first-order valence-electron chi connectivity index (χ1n) is 6.00. The van der Waals surface area contributed by atoms with Crippen molar-refractivity contribution >= 4 is 17.2 Å². The van der Waals surface area contributed by atoms with Crippen molar-refractivity contribution in [2.75, 3.05) is 6.54 Å². The predicted molar refractivity (Wildman–Crippen MR) is 70.7 cm³/mol. The Hall–Kier alpha value is -0.940. The second-order valence-corrected chi connectivity index (χ2v) is 5.18. The Labute approximate surface area is 107 Å². The van der Waals surface area contributed by atoms with Crippen molar-refractivity contribution in [3.05, 3.63) is 16.6 Å². The molecule has 0 aliphatic heterocycles. The smallest absolute Gasteiger partial charge is 0.228 e. The Morgan fingerprint density at radius 1 is 1.59 bits per heavy atom. The fourth-order valence-electron chi connectivity index (χ4n) is 1.81. The number of nitrogens with zero attached hydrogens (tertiary/aromatic N) is 1. The van der Waals surface area contributed by atoms with Crippen LogP contribution in [0.3, 0.4) is 0 Å². The van der Waals surface area contributed by atoms with Crippen LogP contribution in [0.2, 0.25) is 0 Å². The fourth-order valence-corrected chi connectivity index (χ4v) is 2.46. The van der Waals surface area contributed by atoms with E-state index < -0.39 is 5.41 Å². The minimum atomic E-state index is -0.439. The van der Waals surface area contributed by atoms with Crippen molar-refractivity contribution in [1.29, 1.82) is 0 Å². The monoisotopic (exact) mass is 255 g/mol. The standard InChI is InChI=1S/C12H21N3OS/c1-4-12(5-2,8-13)11(16)15-9(3)10-14-6-7-17-10/h6-7,9H,4-5,8,13H2,1-3H3,(H,15,16). The number of carbonyl (C=O) groups is 1. The Morgan fingerprint density at radius 2 is 2.24 bits per heavy atom. The average molecular weight is 255 g/mol. The molecule has 0 bridgehead atoms. The molecule has 0 saturated carbocycles. The molecular weight excluding hydrogens is 234 g/mol. The second-order valence-electron chi connectivity index (χ2n) is 4.26. The normalized spacial score (nSPS) is 13.4. The van der Waals surface area contributed by atoms with E-state index in [-0.39, 0.29) is 11.9 Å². The van der Waals surface area contributed by atoms with Crippen LogP contribution in [-0.2, 0) is 4.79 Å². The van der Waals surface area contributed by atoms with E-state index in [1.165, 1.54) is 0 Å². The van der Waals surface area contributed by atoms with Crippen LogP contribution in [0.25, 0.3) is 0 Å². The molecule has 0 aliphatic carbocycles. The number of rotatable bonds is 6. The highest BCUT2D eigenvalue weighted by atomic mass is 32.1. The van der Waals surface area contributed by atoms with Crippen LogP contribution in [0.5, 0.6) is 0 Å². The van der Waals surface area contributed by atoms with Crippen LogP contribution in [-0.4, -0.2) is 17.4 Å². The SMILES string of the molecule is CCC(CC)(CN)C(=O)NC(C)c1nccs1. The highest BCUT2D eigenvalue weighted by Crippen LogP contribution is 2.26. The summed E-state index contributed by atoms with van der Waals surface area (Å²) in [5, 5.41) is 5.84. The molecule has 1 atom stereocenters. The number of hydrogen-bond acceptors (Lipinski definition) is 4. The Bertz CT molecular complexity index is 338. The predicted octanol–water partition coefficient (Wildman–Crippen LogP) is 2.09. The summed E-state index contributed by atoms with van der Waals surface area (Å²) < 4.78 is 0. The zero-order valence-electron chi connectivity index (χ0n) is 10.7. The van der Waals surface area contributed by atoms with Gasteiger partial charge in [0.15, 0.2) is 0 Å². The van der Waals surface area contributed by atoms with Crippen molar-refractivity contribution < 1.29 is 4.79 Å². The molecule has 0 fully saturated rings. The number of nitrogens with two attached hydrogens (primary N) is 1. The molecular formula is C12H21N3OS. The molecule has 0 aliphatic rings. The summed E-state index contributed by atoms with van der Waals surface area (Å²) in [4.78, 5) is 16.5. The minimum Gasteiger partial charge on any atom is -0.347 e. The Balaban J connectivity index is 2.71. The van der Waals surface area contributed by atoms with Gasteiger partial charge in [0, 0.05) is 18.1 Å². The van der Waals surface area contributed by atoms with E-state index in [1.807, 2.05) is 26.2 Å². The summed E-state index contributed by atoms with van der Waals surface area (Å²) in [6, 6.07) is -0.0495. The quantitative estimate of drug-likeness (QED) is 0.818. The molecule has 1 rings (SSSR count). The molecule has 0 saturated heterocycles. The molecule has 0 aromatic carbocycles. The van der Waals surface area contributed by atoms with E-state index >= 15 is 0 Å². The molecule has 1 aromatic rings. The molecule has 96 valence electrons. The van der Waals surface area contributed by atoms with Crippen LogP contribution < -0.4 is 11.1 Å². The first-order valence-corrected chi connectivity index (χ1v) is 6.88. The number of carbonyl (C=O) groups excluding carboxylic acids is 1. The number of hydrogen-bond donors (Lipinski definition) is 2. The minimum absolute atomic E-state index is 0.0349. The van der Waals surface area contributed by atoms with Gasteiger partial charge in [-0.25, -0.2) is 4.98 Å². The summed E-state index contributed by atoms with van der Waals surface area (Å²) in [5.41, 5.74) is 5.31. The summed E-state index contributed by atoms with van der Waals surface area (Å²) in [5.74, 6) is 0.0349. The molecule has 0 spiro atoms. The van der Waals surface area contributed by atoms with Gasteiger partial charge in [0.05, 0.1) is 11.5 Å². The van der Waals surface area contributed by atoms with Crippen molar-refractivity contribution in [2.45, 2.75) is 39.7 Å². The average Bonchev–Trinajstić information content (AvgIpc) is 2.85. The molecule has 4 nitrogen and oxygen atoms in total. The summed E-state index contributed by atoms with van der Waals surface area (Å²) >= 11 is 1.55. The lowest BCUT2D eigenvalue weighted by Crippen LogP contribution is -2.46. The summed E-state index contributed by atoms with van der Waals surface area (Å²) in [7, 11) is 0. The largest absolute Gasteiger partial charge is 0.347 e. The van der Waals surface area contributed by atoms with Gasteiger partial charge in [0.1, 0.15) is 5.01 Å². The highest BCUT2D eigenvalue weighted by Gasteiger charge is 2.34. The van der Waals surface area contributed by atoms with Crippen molar-refractivity contribution in [1.82, 2.24) is 10.3 Å². The highest BCUT2D eigenvalue weighted by molar-refractivity contribution is 7.09. The van der Waals surface area contributed by atoms with E-state index in [0.29, 0.717) is 6.54 Å². The van der Waals surface area contributed by atoms with Crippen molar-refractivity contribution in [3.8, 4) is 0 Å². The number of thiazole rings is 1. The van der Waals surface area contributed by atoms with Crippen molar-refractivity contribution in [3.63, 3.8) is 0 Å². The first kappa shape index (κ1) is 14.1. The first-order chi connectivity index (χ1) is 8.09. The van der Waals surface area contributed by atoms with Crippen LogP contribution in [0.4, 0.5) is 0 Å². The van der Waals surface area contributed by atoms with E-state index in [9.17, 15) is 4.79 Å². The van der Waals surface area contributed by atoms with Crippen LogP contribution in [0.15, 0.2) is 11.6 Å². The van der Waals surface area contributed by atoms with Gasteiger partial charge >= 0.3 is 0 Å². The van der Waals surface area contributed by atoms with E-state index in [4.69, 9.17) is 5.73 Å². The van der Waals surface area contributed by atoms with E-state index in [0.717, 1.165) is 17.8 Å². The number of nitrogens with one attached hydrogen (secondary N) is 1. The summed E-state index contributed by atoms with van der Waals surface area (Å²) in [6.45, 7) is 6.34. The third-order valence-corrected chi connectivity index (χ3v) is 4.35. The van der Waals surface area contributed by atoms with Gasteiger partial charge in [-0.05, 0) is 19.8 Å². The third kappa shape index (κ3) is 3.04. The van der Waals surface area contributed by atoms with Gasteiger partial charge in [-0.3, -0.25) is 4.79 Å². The van der Waals surface area contributed by atoms with Crippen LogP contribution >= 0.6 is 11.3 Å². The molecule has 1 heterocycles. The van der Waals surface area contributed by atoms with Gasteiger partial charge in [0.2, 0.25) is 5.91 Å². The molecule has 1 unspecified atom stereocenters. The lowest BCUT2D eigenvalue weighted by molar-refractivity contribution is -0.131. The lowest BCUT2D eigenvalue weighted by Gasteiger charge is -2.29. The molecule has 1 aromatic heterocycles.